The van der Waals surface area contributed by atoms with E-state index in [1.165, 1.54) is 5.39 Å². The van der Waals surface area contributed by atoms with Gasteiger partial charge in [0.2, 0.25) is 0 Å². The Hall–Kier alpha value is -1.64. The second-order valence-corrected chi connectivity index (χ2v) is 4.56. The van der Waals surface area contributed by atoms with Crippen LogP contribution in [-0.4, -0.2) is 17.7 Å². The Balaban J connectivity index is 2.12. The van der Waals surface area contributed by atoms with Crippen LogP contribution >= 0.6 is 0 Å². The summed E-state index contributed by atoms with van der Waals surface area (Å²) >= 11 is 0. The molecule has 0 amide bonds. The van der Waals surface area contributed by atoms with E-state index >= 15 is 0 Å². The van der Waals surface area contributed by atoms with Gasteiger partial charge in [0.25, 0.3) is 0 Å². The van der Waals surface area contributed by atoms with Crippen molar-refractivity contribution in [2.75, 3.05) is 6.54 Å². The number of hydrogen-bond acceptors (Lipinski definition) is 2. The van der Waals surface area contributed by atoms with Crippen LogP contribution in [-0.2, 0) is 0 Å². The summed E-state index contributed by atoms with van der Waals surface area (Å²) in [5.41, 5.74) is 0.942. The molecule has 2 aromatic rings. The van der Waals surface area contributed by atoms with Gasteiger partial charge in [-0.15, -0.1) is 6.58 Å². The first kappa shape index (κ1) is 12.8. The molecular weight excluding hydrogens is 222 g/mol. The zero-order valence-corrected chi connectivity index (χ0v) is 10.6. The Kier molecular flexibility index (Phi) is 4.13. The van der Waals surface area contributed by atoms with E-state index in [9.17, 15) is 5.11 Å². The highest BCUT2D eigenvalue weighted by Crippen LogP contribution is 2.20. The summed E-state index contributed by atoms with van der Waals surface area (Å²) in [5.74, 6) is 0. The van der Waals surface area contributed by atoms with Gasteiger partial charge in [-0.25, -0.2) is 0 Å². The maximum atomic E-state index is 10.1. The van der Waals surface area contributed by atoms with Gasteiger partial charge in [-0.1, -0.05) is 42.5 Å². The van der Waals surface area contributed by atoms with Crippen LogP contribution in [0.3, 0.4) is 0 Å². The fraction of sp³-hybridized carbons (Fsp3) is 0.250. The van der Waals surface area contributed by atoms with E-state index in [1.54, 1.807) is 0 Å². The summed E-state index contributed by atoms with van der Waals surface area (Å²) in [5, 5.41) is 15.7. The molecule has 0 aromatic heterocycles. The van der Waals surface area contributed by atoms with Gasteiger partial charge in [-0.3, -0.25) is 0 Å². The Bertz CT molecular complexity index is 535. The van der Waals surface area contributed by atoms with Gasteiger partial charge in [-0.2, -0.15) is 0 Å². The van der Waals surface area contributed by atoms with Crippen LogP contribution in [0.25, 0.3) is 10.8 Å². The van der Waals surface area contributed by atoms with Crippen molar-refractivity contribution in [1.82, 2.24) is 5.32 Å². The normalized spacial score (nSPS) is 14.3. The minimum Gasteiger partial charge on any atom is -0.387 e. The zero-order valence-electron chi connectivity index (χ0n) is 10.6. The van der Waals surface area contributed by atoms with Crippen molar-refractivity contribution in [2.24, 2.45) is 0 Å². The highest BCUT2D eigenvalue weighted by Gasteiger charge is 2.08. The Labute approximate surface area is 108 Å². The van der Waals surface area contributed by atoms with E-state index in [2.05, 4.69) is 24.0 Å². The van der Waals surface area contributed by atoms with Crippen molar-refractivity contribution < 1.29 is 5.11 Å². The SMILES string of the molecule is C=CC(C)NCC(O)c1ccc2ccccc2c1. The molecule has 0 aliphatic rings. The van der Waals surface area contributed by atoms with Crippen molar-refractivity contribution >= 4 is 10.8 Å². The predicted octanol–water partition coefficient (Wildman–Crippen LogP) is 3.04. The first-order valence-corrected chi connectivity index (χ1v) is 6.23. The van der Waals surface area contributed by atoms with Crippen LogP contribution < -0.4 is 5.32 Å². The molecule has 2 unspecified atom stereocenters. The molecule has 0 fully saturated rings. The Morgan fingerprint density at radius 3 is 2.67 bits per heavy atom. The van der Waals surface area contributed by atoms with E-state index < -0.39 is 6.10 Å². The Morgan fingerprint density at radius 1 is 1.22 bits per heavy atom. The molecule has 0 heterocycles. The van der Waals surface area contributed by atoms with E-state index in [-0.39, 0.29) is 6.04 Å². The molecule has 2 nitrogen and oxygen atoms in total. The molecule has 2 aromatic carbocycles. The number of rotatable bonds is 5. The van der Waals surface area contributed by atoms with Crippen LogP contribution in [0.1, 0.15) is 18.6 Å². The lowest BCUT2D eigenvalue weighted by Crippen LogP contribution is -2.28. The maximum Gasteiger partial charge on any atom is 0.0914 e. The van der Waals surface area contributed by atoms with E-state index in [0.29, 0.717) is 6.54 Å². The van der Waals surface area contributed by atoms with Crippen molar-refractivity contribution in [2.45, 2.75) is 19.1 Å². The Morgan fingerprint density at radius 2 is 1.94 bits per heavy atom. The summed E-state index contributed by atoms with van der Waals surface area (Å²) in [6, 6.07) is 14.4. The predicted molar refractivity (Wildman–Crippen MR) is 76.6 cm³/mol. The average Bonchev–Trinajstić information content (AvgIpc) is 2.43. The fourth-order valence-electron chi connectivity index (χ4n) is 1.91. The number of nitrogens with one attached hydrogen (secondary N) is 1. The molecule has 0 saturated heterocycles. The minimum atomic E-state index is -0.489. The molecule has 18 heavy (non-hydrogen) atoms. The van der Waals surface area contributed by atoms with Gasteiger partial charge in [0.1, 0.15) is 0 Å². The summed E-state index contributed by atoms with van der Waals surface area (Å²) < 4.78 is 0. The quantitative estimate of drug-likeness (QED) is 0.789. The lowest BCUT2D eigenvalue weighted by Gasteiger charge is -2.15. The topological polar surface area (TPSA) is 32.3 Å². The number of fused-ring (bicyclic) bond motifs is 1. The van der Waals surface area contributed by atoms with Gasteiger partial charge in [0.15, 0.2) is 0 Å². The highest BCUT2D eigenvalue weighted by atomic mass is 16.3. The molecule has 0 saturated carbocycles. The van der Waals surface area contributed by atoms with E-state index in [0.717, 1.165) is 10.9 Å². The van der Waals surface area contributed by atoms with Gasteiger partial charge in [0.05, 0.1) is 6.10 Å². The number of hydrogen-bond donors (Lipinski definition) is 2. The number of aliphatic hydroxyl groups excluding tert-OH is 1. The second-order valence-electron chi connectivity index (χ2n) is 4.56. The van der Waals surface area contributed by atoms with Crippen LogP contribution in [0.4, 0.5) is 0 Å². The van der Waals surface area contributed by atoms with Crippen LogP contribution in [0.15, 0.2) is 55.1 Å². The molecule has 2 rings (SSSR count). The summed E-state index contributed by atoms with van der Waals surface area (Å²) in [4.78, 5) is 0. The highest BCUT2D eigenvalue weighted by molar-refractivity contribution is 5.83. The fourth-order valence-corrected chi connectivity index (χ4v) is 1.91. The monoisotopic (exact) mass is 241 g/mol. The lowest BCUT2D eigenvalue weighted by molar-refractivity contribution is 0.173. The lowest BCUT2D eigenvalue weighted by atomic mass is 10.0. The van der Waals surface area contributed by atoms with Gasteiger partial charge in [-0.05, 0) is 29.3 Å². The van der Waals surface area contributed by atoms with Crippen molar-refractivity contribution in [1.29, 1.82) is 0 Å². The van der Waals surface area contributed by atoms with E-state index in [1.807, 2.05) is 43.3 Å². The summed E-state index contributed by atoms with van der Waals surface area (Å²) in [7, 11) is 0. The van der Waals surface area contributed by atoms with Crippen molar-refractivity contribution in [3.8, 4) is 0 Å². The first-order chi connectivity index (χ1) is 8.70. The maximum absolute atomic E-state index is 10.1. The molecule has 0 bridgehead atoms. The van der Waals surface area contributed by atoms with Crippen molar-refractivity contribution in [3.63, 3.8) is 0 Å². The molecule has 2 heteroatoms. The van der Waals surface area contributed by atoms with E-state index in [4.69, 9.17) is 0 Å². The molecule has 0 aliphatic carbocycles. The largest absolute Gasteiger partial charge is 0.387 e. The minimum absolute atomic E-state index is 0.208. The number of benzene rings is 2. The molecule has 2 N–H and O–H groups in total. The van der Waals surface area contributed by atoms with Gasteiger partial charge < -0.3 is 10.4 Å². The molecule has 0 spiro atoms. The summed E-state index contributed by atoms with van der Waals surface area (Å²) in [6.45, 7) is 6.26. The standard InChI is InChI=1S/C16H19NO/c1-3-12(2)17-11-16(18)15-9-8-13-6-4-5-7-14(13)10-15/h3-10,12,16-18H,1,11H2,2H3. The second kappa shape index (κ2) is 5.80. The van der Waals surface area contributed by atoms with Crippen LogP contribution in [0.2, 0.25) is 0 Å². The molecular formula is C16H19NO. The number of aliphatic hydroxyl groups is 1. The third kappa shape index (κ3) is 2.97. The zero-order chi connectivity index (χ0) is 13.0. The molecule has 94 valence electrons. The van der Waals surface area contributed by atoms with Crippen LogP contribution in [0.5, 0.6) is 0 Å². The first-order valence-electron chi connectivity index (χ1n) is 6.23. The smallest absolute Gasteiger partial charge is 0.0914 e. The molecule has 0 aliphatic heterocycles. The van der Waals surface area contributed by atoms with Gasteiger partial charge >= 0.3 is 0 Å². The summed E-state index contributed by atoms with van der Waals surface area (Å²) in [6.07, 6.45) is 1.34. The van der Waals surface area contributed by atoms with Crippen LogP contribution in [0, 0.1) is 0 Å². The third-order valence-electron chi connectivity index (χ3n) is 3.15. The van der Waals surface area contributed by atoms with Gasteiger partial charge in [0, 0.05) is 12.6 Å². The van der Waals surface area contributed by atoms with Crippen molar-refractivity contribution in [3.05, 3.63) is 60.7 Å². The molecule has 2 atom stereocenters. The molecule has 0 radical (unpaired) electrons. The third-order valence-corrected chi connectivity index (χ3v) is 3.15. The average molecular weight is 241 g/mol.